The number of aromatic nitrogens is 4. The third-order valence-electron chi connectivity index (χ3n) is 4.45. The Morgan fingerprint density at radius 1 is 1.11 bits per heavy atom. The molecule has 4 rings (SSSR count). The molecular weight excluding hydrogens is 374 g/mol. The summed E-state index contributed by atoms with van der Waals surface area (Å²) >= 11 is 6.06. The maximum atomic E-state index is 6.06. The molecular formula is C21H20ClN5O. The molecule has 0 saturated heterocycles. The second-order valence-electron chi connectivity index (χ2n) is 6.38. The minimum Gasteiger partial charge on any atom is -0.497 e. The second-order valence-corrected chi connectivity index (χ2v) is 6.81. The van der Waals surface area contributed by atoms with Crippen LogP contribution >= 0.6 is 11.6 Å². The van der Waals surface area contributed by atoms with Gasteiger partial charge in [0.15, 0.2) is 0 Å². The SMILES string of the molecule is COc1ccc(-c2[nH]ncc2CNCc2cnn(-c3cccc(Cl)c3)c2)cc1. The van der Waals surface area contributed by atoms with Crippen molar-refractivity contribution in [3.63, 3.8) is 0 Å². The van der Waals surface area contributed by atoms with Gasteiger partial charge in [0.1, 0.15) is 5.75 Å². The van der Waals surface area contributed by atoms with Gasteiger partial charge in [-0.3, -0.25) is 5.10 Å². The van der Waals surface area contributed by atoms with Crippen LogP contribution in [0.25, 0.3) is 16.9 Å². The zero-order chi connectivity index (χ0) is 19.3. The van der Waals surface area contributed by atoms with Crippen molar-refractivity contribution in [1.29, 1.82) is 0 Å². The van der Waals surface area contributed by atoms with Crippen LogP contribution in [-0.2, 0) is 13.1 Å². The van der Waals surface area contributed by atoms with Crippen molar-refractivity contribution in [3.8, 4) is 22.7 Å². The quantitative estimate of drug-likeness (QED) is 0.493. The molecule has 0 amide bonds. The van der Waals surface area contributed by atoms with Crippen molar-refractivity contribution in [2.45, 2.75) is 13.1 Å². The lowest BCUT2D eigenvalue weighted by atomic mass is 10.1. The predicted molar refractivity (Wildman–Crippen MR) is 110 cm³/mol. The van der Waals surface area contributed by atoms with E-state index < -0.39 is 0 Å². The molecule has 0 bridgehead atoms. The fourth-order valence-corrected chi connectivity index (χ4v) is 3.19. The smallest absolute Gasteiger partial charge is 0.118 e. The fourth-order valence-electron chi connectivity index (χ4n) is 3.01. The van der Waals surface area contributed by atoms with Crippen LogP contribution in [0, 0.1) is 0 Å². The molecule has 0 aliphatic rings. The van der Waals surface area contributed by atoms with E-state index in [2.05, 4.69) is 20.6 Å². The third-order valence-corrected chi connectivity index (χ3v) is 4.69. The monoisotopic (exact) mass is 393 g/mol. The molecule has 0 saturated carbocycles. The van der Waals surface area contributed by atoms with Crippen LogP contribution in [0.15, 0.2) is 67.1 Å². The normalized spacial score (nSPS) is 10.9. The minimum atomic E-state index is 0.693. The number of H-pyrrole nitrogens is 1. The van der Waals surface area contributed by atoms with Crippen LogP contribution in [-0.4, -0.2) is 27.1 Å². The number of methoxy groups -OCH3 is 1. The number of hydrogen-bond acceptors (Lipinski definition) is 4. The number of nitrogens with zero attached hydrogens (tertiary/aromatic N) is 3. The molecule has 2 aromatic carbocycles. The van der Waals surface area contributed by atoms with E-state index in [-0.39, 0.29) is 0 Å². The molecule has 2 heterocycles. The van der Waals surface area contributed by atoms with E-state index in [1.165, 1.54) is 0 Å². The second kappa shape index (κ2) is 8.29. The Kier molecular flexibility index (Phi) is 5.41. The molecule has 4 aromatic rings. The van der Waals surface area contributed by atoms with Crippen LogP contribution < -0.4 is 10.1 Å². The number of aromatic amines is 1. The number of hydrogen-bond donors (Lipinski definition) is 2. The van der Waals surface area contributed by atoms with Crippen molar-refractivity contribution in [2.75, 3.05) is 7.11 Å². The average molecular weight is 394 g/mol. The number of ether oxygens (including phenoxy) is 1. The van der Waals surface area contributed by atoms with E-state index in [0.29, 0.717) is 18.1 Å². The molecule has 0 aliphatic heterocycles. The number of halogens is 1. The molecule has 28 heavy (non-hydrogen) atoms. The summed E-state index contributed by atoms with van der Waals surface area (Å²) < 4.78 is 7.04. The van der Waals surface area contributed by atoms with Crippen molar-refractivity contribution >= 4 is 11.6 Å². The van der Waals surface area contributed by atoms with E-state index in [1.54, 1.807) is 7.11 Å². The largest absolute Gasteiger partial charge is 0.497 e. The van der Waals surface area contributed by atoms with Gasteiger partial charge in [-0.15, -0.1) is 0 Å². The fraction of sp³-hybridized carbons (Fsp3) is 0.143. The highest BCUT2D eigenvalue weighted by molar-refractivity contribution is 6.30. The van der Waals surface area contributed by atoms with E-state index in [4.69, 9.17) is 16.3 Å². The molecule has 6 nitrogen and oxygen atoms in total. The van der Waals surface area contributed by atoms with Crippen LogP contribution in [0.1, 0.15) is 11.1 Å². The van der Waals surface area contributed by atoms with E-state index in [9.17, 15) is 0 Å². The zero-order valence-corrected chi connectivity index (χ0v) is 16.1. The Morgan fingerprint density at radius 2 is 1.96 bits per heavy atom. The summed E-state index contributed by atoms with van der Waals surface area (Å²) in [5, 5.41) is 15.8. The van der Waals surface area contributed by atoms with Crippen molar-refractivity contribution in [3.05, 3.63) is 83.3 Å². The summed E-state index contributed by atoms with van der Waals surface area (Å²) in [5.41, 5.74) is 5.21. The molecule has 0 aliphatic carbocycles. The Balaban J connectivity index is 1.39. The highest BCUT2D eigenvalue weighted by Crippen LogP contribution is 2.23. The van der Waals surface area contributed by atoms with Gasteiger partial charge in [-0.1, -0.05) is 17.7 Å². The van der Waals surface area contributed by atoms with Crippen molar-refractivity contribution in [2.24, 2.45) is 0 Å². The van der Waals surface area contributed by atoms with E-state index >= 15 is 0 Å². The summed E-state index contributed by atoms with van der Waals surface area (Å²) in [6, 6.07) is 15.5. The Bertz CT molecular complexity index is 1050. The minimum absolute atomic E-state index is 0.693. The molecule has 2 N–H and O–H groups in total. The zero-order valence-electron chi connectivity index (χ0n) is 15.4. The number of rotatable bonds is 7. The lowest BCUT2D eigenvalue weighted by Crippen LogP contribution is -2.12. The molecule has 0 fully saturated rings. The predicted octanol–water partition coefficient (Wildman–Crippen LogP) is 4.21. The van der Waals surface area contributed by atoms with E-state index in [0.717, 1.165) is 33.8 Å². The Labute approximate surface area is 168 Å². The maximum Gasteiger partial charge on any atom is 0.118 e. The number of benzene rings is 2. The summed E-state index contributed by atoms with van der Waals surface area (Å²) in [6.07, 6.45) is 5.70. The summed E-state index contributed by atoms with van der Waals surface area (Å²) in [4.78, 5) is 0. The van der Waals surface area contributed by atoms with Gasteiger partial charge >= 0.3 is 0 Å². The molecule has 0 spiro atoms. The molecule has 0 radical (unpaired) electrons. The average Bonchev–Trinajstić information content (AvgIpc) is 3.38. The van der Waals surface area contributed by atoms with Crippen molar-refractivity contribution in [1.82, 2.24) is 25.3 Å². The third kappa shape index (κ3) is 4.08. The van der Waals surface area contributed by atoms with E-state index in [1.807, 2.05) is 71.8 Å². The first kappa shape index (κ1) is 18.3. The lowest BCUT2D eigenvalue weighted by molar-refractivity contribution is 0.415. The van der Waals surface area contributed by atoms with Crippen molar-refractivity contribution < 1.29 is 4.74 Å². The van der Waals surface area contributed by atoms with Crippen LogP contribution in [0.4, 0.5) is 0 Å². The van der Waals surface area contributed by atoms with Gasteiger partial charge in [0, 0.05) is 41.0 Å². The highest BCUT2D eigenvalue weighted by atomic mass is 35.5. The van der Waals surface area contributed by atoms with Crippen LogP contribution in [0.3, 0.4) is 0 Å². The maximum absolute atomic E-state index is 6.06. The molecule has 0 unspecified atom stereocenters. The van der Waals surface area contributed by atoms with Gasteiger partial charge < -0.3 is 10.1 Å². The molecule has 7 heteroatoms. The van der Waals surface area contributed by atoms with Gasteiger partial charge in [0.05, 0.1) is 30.9 Å². The summed E-state index contributed by atoms with van der Waals surface area (Å²) in [7, 11) is 1.66. The van der Waals surface area contributed by atoms with Gasteiger partial charge in [-0.2, -0.15) is 10.2 Å². The van der Waals surface area contributed by atoms with Gasteiger partial charge in [-0.05, 0) is 42.5 Å². The van der Waals surface area contributed by atoms with Gasteiger partial charge in [0.25, 0.3) is 0 Å². The summed E-state index contributed by atoms with van der Waals surface area (Å²) in [5.74, 6) is 0.833. The molecule has 0 atom stereocenters. The first-order chi connectivity index (χ1) is 13.7. The van der Waals surface area contributed by atoms with Crippen LogP contribution in [0.5, 0.6) is 5.75 Å². The first-order valence-corrected chi connectivity index (χ1v) is 9.27. The summed E-state index contributed by atoms with van der Waals surface area (Å²) in [6.45, 7) is 1.40. The van der Waals surface area contributed by atoms with Crippen LogP contribution in [0.2, 0.25) is 5.02 Å². The van der Waals surface area contributed by atoms with Gasteiger partial charge in [-0.25, -0.2) is 4.68 Å². The first-order valence-electron chi connectivity index (χ1n) is 8.90. The highest BCUT2D eigenvalue weighted by Gasteiger charge is 2.08. The Hall–Kier alpha value is -3.09. The topological polar surface area (TPSA) is 67.8 Å². The van der Waals surface area contributed by atoms with Gasteiger partial charge in [0.2, 0.25) is 0 Å². The molecule has 142 valence electrons. The number of nitrogens with one attached hydrogen (secondary N) is 2. The molecule has 2 aromatic heterocycles. The Morgan fingerprint density at radius 3 is 2.75 bits per heavy atom. The standard InChI is InChI=1S/C21H20ClN5O/c1-28-20-7-5-16(6-8-20)21-17(13-24-26-21)12-23-10-15-11-25-27(14-15)19-4-2-3-18(22)9-19/h2-9,11,13-14,23H,10,12H2,1H3,(H,24,26). The lowest BCUT2D eigenvalue weighted by Gasteiger charge is -2.06.